The molecule has 2 unspecified atom stereocenters. The lowest BCUT2D eigenvalue weighted by Crippen LogP contribution is -2.49. The van der Waals surface area contributed by atoms with Gasteiger partial charge in [0, 0.05) is 41.8 Å². The number of hydrogen-bond acceptors (Lipinski definition) is 7. The van der Waals surface area contributed by atoms with Crippen molar-refractivity contribution in [3.63, 3.8) is 0 Å². The van der Waals surface area contributed by atoms with Gasteiger partial charge in [0.05, 0.1) is 5.56 Å². The number of benzene rings is 2. The summed E-state index contributed by atoms with van der Waals surface area (Å²) >= 11 is 2.35. The smallest absolute Gasteiger partial charge is 0.259 e. The molecule has 2 aliphatic rings. The van der Waals surface area contributed by atoms with E-state index < -0.39 is 24.2 Å². The van der Waals surface area contributed by atoms with Crippen LogP contribution >= 0.6 is 23.7 Å². The van der Waals surface area contributed by atoms with Gasteiger partial charge in [0.25, 0.3) is 5.91 Å². The summed E-state index contributed by atoms with van der Waals surface area (Å²) in [6.45, 7) is 1.83. The maximum absolute atomic E-state index is 15.1. The average Bonchev–Trinajstić information content (AvgIpc) is 2.89. The van der Waals surface area contributed by atoms with Crippen molar-refractivity contribution < 1.29 is 27.4 Å². The Morgan fingerprint density at radius 3 is 2.68 bits per heavy atom. The zero-order chi connectivity index (χ0) is 26.2. The predicted octanol–water partition coefficient (Wildman–Crippen LogP) is 5.11. The van der Waals surface area contributed by atoms with Gasteiger partial charge in [0.2, 0.25) is 0 Å². The van der Waals surface area contributed by atoms with Crippen LogP contribution in [0.4, 0.5) is 13.2 Å². The fraction of sp³-hybridized carbons (Fsp3) is 0.462. The molecule has 2 fully saturated rings. The van der Waals surface area contributed by atoms with E-state index in [-0.39, 0.29) is 23.0 Å². The molecule has 198 valence electrons. The Morgan fingerprint density at radius 2 is 2.00 bits per heavy atom. The van der Waals surface area contributed by atoms with Crippen LogP contribution in [-0.4, -0.2) is 61.2 Å². The molecule has 2 heterocycles. The fourth-order valence-electron chi connectivity index (χ4n) is 4.03. The summed E-state index contributed by atoms with van der Waals surface area (Å²) in [5, 5.41) is 9.69. The Bertz CT molecular complexity index is 1100. The highest BCUT2D eigenvalue weighted by Crippen LogP contribution is 2.31. The van der Waals surface area contributed by atoms with Crippen LogP contribution in [0.15, 0.2) is 46.2 Å². The van der Waals surface area contributed by atoms with E-state index in [9.17, 15) is 18.8 Å². The first-order valence-corrected chi connectivity index (χ1v) is 13.9. The molecule has 0 aromatic heterocycles. The number of alkyl halides is 1. The Hall–Kier alpha value is -2.39. The van der Waals surface area contributed by atoms with Gasteiger partial charge in [-0.3, -0.25) is 14.4 Å². The number of nitriles is 1. The third-order valence-corrected chi connectivity index (χ3v) is 8.01. The number of hydrogen-bond donors (Lipinski definition) is 1. The van der Waals surface area contributed by atoms with Gasteiger partial charge < -0.3 is 9.47 Å². The number of nitrogens with zero attached hydrogens (tertiary/aromatic N) is 2. The predicted molar refractivity (Wildman–Crippen MR) is 136 cm³/mol. The van der Waals surface area contributed by atoms with Gasteiger partial charge in [-0.05, 0) is 74.0 Å². The normalized spacial score (nSPS) is 19.0. The highest BCUT2D eigenvalue weighted by Gasteiger charge is 2.27. The molecule has 6 nitrogen and oxygen atoms in total. The first kappa shape index (κ1) is 27.6. The number of nitrogens with one attached hydrogen (secondary N) is 1. The van der Waals surface area contributed by atoms with Gasteiger partial charge in [-0.1, -0.05) is 0 Å². The molecule has 0 spiro atoms. The summed E-state index contributed by atoms with van der Waals surface area (Å²) in [5.41, 5.74) is 0.00946. The summed E-state index contributed by atoms with van der Waals surface area (Å²) in [6, 6.07) is 10.7. The molecule has 4 rings (SSSR count). The second-order valence-electron chi connectivity index (χ2n) is 8.97. The number of likely N-dealkylation sites (tertiary alicyclic amines) is 1. The van der Waals surface area contributed by atoms with Crippen molar-refractivity contribution >= 4 is 29.6 Å². The average molecular weight is 552 g/mol. The quantitative estimate of drug-likeness (QED) is 0.307. The molecule has 2 aromatic carbocycles. The molecular formula is C26H28F3N3O3S2. The first-order chi connectivity index (χ1) is 17.9. The van der Waals surface area contributed by atoms with Crippen LogP contribution in [0.3, 0.4) is 0 Å². The van der Waals surface area contributed by atoms with E-state index in [0.717, 1.165) is 29.7 Å². The van der Waals surface area contributed by atoms with Gasteiger partial charge in [-0.15, -0.1) is 11.8 Å². The molecule has 2 aromatic rings. The lowest BCUT2D eigenvalue weighted by atomic mass is 10.1. The third kappa shape index (κ3) is 8.04. The van der Waals surface area contributed by atoms with Gasteiger partial charge in [-0.2, -0.15) is 5.26 Å². The molecule has 11 heteroatoms. The molecule has 0 bridgehead atoms. The monoisotopic (exact) mass is 551 g/mol. The van der Waals surface area contributed by atoms with Gasteiger partial charge >= 0.3 is 0 Å². The summed E-state index contributed by atoms with van der Waals surface area (Å²) in [5.74, 6) is -1.07. The summed E-state index contributed by atoms with van der Waals surface area (Å²) in [7, 11) is 0. The van der Waals surface area contributed by atoms with Crippen LogP contribution in [0.2, 0.25) is 0 Å². The number of ether oxygens (including phenoxy) is 2. The van der Waals surface area contributed by atoms with E-state index in [4.69, 9.17) is 9.47 Å². The molecule has 2 atom stereocenters. The van der Waals surface area contributed by atoms with Crippen molar-refractivity contribution in [3.05, 3.63) is 53.6 Å². The fourth-order valence-corrected chi connectivity index (χ4v) is 5.66. The van der Waals surface area contributed by atoms with Crippen LogP contribution in [0.25, 0.3) is 0 Å². The van der Waals surface area contributed by atoms with E-state index in [2.05, 4.69) is 4.72 Å². The van der Waals surface area contributed by atoms with Crippen molar-refractivity contribution in [3.8, 4) is 11.8 Å². The first-order valence-electron chi connectivity index (χ1n) is 12.1. The van der Waals surface area contributed by atoms with E-state index in [1.807, 2.05) is 11.0 Å². The maximum Gasteiger partial charge on any atom is 0.259 e. The van der Waals surface area contributed by atoms with Crippen LogP contribution in [0, 0.1) is 23.0 Å². The number of carbonyl (C=O) groups excluding carboxylic acids is 1. The van der Waals surface area contributed by atoms with Crippen molar-refractivity contribution in [2.24, 2.45) is 0 Å². The second kappa shape index (κ2) is 13.4. The number of amides is 1. The van der Waals surface area contributed by atoms with E-state index in [1.54, 1.807) is 12.1 Å². The summed E-state index contributed by atoms with van der Waals surface area (Å²) in [6.07, 6.45) is 1.14. The van der Waals surface area contributed by atoms with Crippen LogP contribution < -0.4 is 9.46 Å². The lowest BCUT2D eigenvalue weighted by molar-refractivity contribution is -0.133. The number of halogens is 3. The molecule has 2 aliphatic heterocycles. The molecule has 0 radical (unpaired) electrons. The zero-order valence-corrected chi connectivity index (χ0v) is 21.8. The Balaban J connectivity index is 1.41. The van der Waals surface area contributed by atoms with Crippen LogP contribution in [0.1, 0.15) is 31.2 Å². The van der Waals surface area contributed by atoms with Crippen LogP contribution in [0.5, 0.6) is 5.75 Å². The second-order valence-corrected chi connectivity index (χ2v) is 10.9. The van der Waals surface area contributed by atoms with Gasteiger partial charge in [0.15, 0.2) is 11.6 Å². The third-order valence-electron chi connectivity index (χ3n) is 6.09. The minimum Gasteiger partial charge on any atom is -0.485 e. The van der Waals surface area contributed by atoms with Crippen molar-refractivity contribution in [1.29, 1.82) is 5.26 Å². The molecule has 1 amide bonds. The summed E-state index contributed by atoms with van der Waals surface area (Å²) in [4.78, 5) is 15.5. The lowest BCUT2D eigenvalue weighted by Gasteiger charge is -2.35. The number of rotatable bonds is 11. The number of carbonyl (C=O) groups is 1. The Labute approximate surface area is 223 Å². The molecule has 2 saturated heterocycles. The van der Waals surface area contributed by atoms with Gasteiger partial charge in [0.1, 0.15) is 30.3 Å². The minimum absolute atomic E-state index is 0.00946. The van der Waals surface area contributed by atoms with Crippen molar-refractivity contribution in [1.82, 2.24) is 9.62 Å². The largest absolute Gasteiger partial charge is 0.485 e. The van der Waals surface area contributed by atoms with E-state index in [0.29, 0.717) is 49.7 Å². The molecule has 0 aliphatic carbocycles. The zero-order valence-electron chi connectivity index (χ0n) is 20.1. The topological polar surface area (TPSA) is 74.6 Å². The van der Waals surface area contributed by atoms with Crippen LogP contribution in [-0.2, 0) is 9.53 Å². The van der Waals surface area contributed by atoms with E-state index in [1.165, 1.54) is 36.0 Å². The molecular weight excluding hydrogens is 523 g/mol. The Morgan fingerprint density at radius 1 is 1.22 bits per heavy atom. The van der Waals surface area contributed by atoms with E-state index >= 15 is 4.39 Å². The standard InChI is InChI=1S/C26H28F3N3O3S2/c27-18-4-6-21(7-5-18)36-16-20(8-9-32-14-19(28)15-32)35-25-17(13-30)11-22(12-23(25)29)37-31-26(33)24-3-1-2-10-34-24/h4-7,11-12,19-20,24H,1-3,8-10,14-16H2,(H,31,33). The van der Waals surface area contributed by atoms with Crippen molar-refractivity contribution in [2.75, 3.05) is 32.0 Å². The molecule has 1 N–H and O–H groups in total. The van der Waals surface area contributed by atoms with Crippen molar-refractivity contribution in [2.45, 2.75) is 53.9 Å². The molecule has 37 heavy (non-hydrogen) atoms. The molecule has 0 saturated carbocycles. The Kier molecular flexibility index (Phi) is 10.0. The summed E-state index contributed by atoms with van der Waals surface area (Å²) < 4.78 is 55.7. The SMILES string of the molecule is N#Cc1cc(SNC(=O)C2CCCCO2)cc(F)c1OC(CCN1CC(F)C1)CSc1ccc(F)cc1. The highest BCUT2D eigenvalue weighted by atomic mass is 32.2. The highest BCUT2D eigenvalue weighted by molar-refractivity contribution is 7.99. The minimum atomic E-state index is -0.828. The van der Waals surface area contributed by atoms with Gasteiger partial charge in [-0.25, -0.2) is 13.2 Å². The number of thioether (sulfide) groups is 1. The maximum atomic E-state index is 15.1.